The minimum absolute atomic E-state index is 0.128. The summed E-state index contributed by atoms with van der Waals surface area (Å²) in [5.74, 6) is 5.63. The predicted molar refractivity (Wildman–Crippen MR) is 75.7 cm³/mol. The Kier molecular flexibility index (Phi) is 5.01. The Bertz CT molecular complexity index is 422. The van der Waals surface area contributed by atoms with Crippen LogP contribution in [0, 0.1) is 11.7 Å². The molecule has 2 nitrogen and oxygen atoms in total. The fraction of sp³-hybridized carbons (Fsp3) is 0.538. The molecule has 3 N–H and O–H groups in total. The van der Waals surface area contributed by atoms with Crippen LogP contribution in [0.4, 0.5) is 4.39 Å². The van der Waals surface area contributed by atoms with Crippen molar-refractivity contribution in [3.05, 3.63) is 33.0 Å². The Balaban J connectivity index is 2.29. The van der Waals surface area contributed by atoms with Crippen molar-refractivity contribution in [2.24, 2.45) is 11.8 Å². The molecule has 100 valence electrons. The van der Waals surface area contributed by atoms with Crippen LogP contribution in [0.2, 0.25) is 5.02 Å². The largest absolute Gasteiger partial charge is 0.271 e. The second kappa shape index (κ2) is 6.33. The van der Waals surface area contributed by atoms with Crippen molar-refractivity contribution >= 4 is 27.5 Å². The molecule has 1 atom stereocenters. The zero-order valence-electron chi connectivity index (χ0n) is 10.1. The standard InChI is InChI=1S/C13H17BrClFN2/c14-10-7-6-9(12(16)11(10)15)13(18-17)8-4-2-1-3-5-8/h6-8,13,18H,1-5,17H2. The zero-order chi connectivity index (χ0) is 13.1. The van der Waals surface area contributed by atoms with Crippen molar-refractivity contribution in [3.8, 4) is 0 Å². The van der Waals surface area contributed by atoms with Crippen molar-refractivity contribution in [3.63, 3.8) is 0 Å². The second-order valence-electron chi connectivity index (χ2n) is 4.81. The Morgan fingerprint density at radius 3 is 2.61 bits per heavy atom. The lowest BCUT2D eigenvalue weighted by atomic mass is 9.81. The lowest BCUT2D eigenvalue weighted by Gasteiger charge is -2.30. The molecular formula is C13H17BrClFN2. The number of rotatable bonds is 3. The van der Waals surface area contributed by atoms with E-state index >= 15 is 0 Å². The van der Waals surface area contributed by atoms with Gasteiger partial charge < -0.3 is 0 Å². The van der Waals surface area contributed by atoms with Crippen LogP contribution >= 0.6 is 27.5 Å². The summed E-state index contributed by atoms with van der Waals surface area (Å²) in [5.41, 5.74) is 3.33. The number of benzene rings is 1. The van der Waals surface area contributed by atoms with E-state index in [1.807, 2.05) is 0 Å². The molecule has 0 radical (unpaired) electrons. The first kappa shape index (κ1) is 14.3. The van der Waals surface area contributed by atoms with Crippen LogP contribution in [0.25, 0.3) is 0 Å². The van der Waals surface area contributed by atoms with E-state index in [1.165, 1.54) is 19.3 Å². The third-order valence-electron chi connectivity index (χ3n) is 3.70. The summed E-state index contributed by atoms with van der Waals surface area (Å²) in [6, 6.07) is 3.37. The maximum atomic E-state index is 14.2. The van der Waals surface area contributed by atoms with Gasteiger partial charge in [0.2, 0.25) is 0 Å². The first-order valence-electron chi connectivity index (χ1n) is 6.24. The highest BCUT2D eigenvalue weighted by Gasteiger charge is 2.27. The fourth-order valence-corrected chi connectivity index (χ4v) is 3.21. The van der Waals surface area contributed by atoms with Crippen molar-refractivity contribution < 1.29 is 4.39 Å². The van der Waals surface area contributed by atoms with Crippen LogP contribution in [-0.4, -0.2) is 0 Å². The quantitative estimate of drug-likeness (QED) is 0.490. The molecule has 1 aliphatic rings. The SMILES string of the molecule is NNC(c1ccc(Br)c(Cl)c1F)C1CCCCC1. The molecule has 1 aromatic carbocycles. The first-order valence-corrected chi connectivity index (χ1v) is 7.41. The van der Waals surface area contributed by atoms with E-state index in [9.17, 15) is 4.39 Å². The lowest BCUT2D eigenvalue weighted by molar-refractivity contribution is 0.269. The predicted octanol–water partition coefficient (Wildman–Crippen LogP) is 4.33. The summed E-state index contributed by atoms with van der Waals surface area (Å²) < 4.78 is 14.8. The highest BCUT2D eigenvalue weighted by molar-refractivity contribution is 9.10. The van der Waals surface area contributed by atoms with Gasteiger partial charge in [-0.25, -0.2) is 4.39 Å². The van der Waals surface area contributed by atoms with Gasteiger partial charge in [-0.3, -0.25) is 11.3 Å². The van der Waals surface area contributed by atoms with Gasteiger partial charge in [0.1, 0.15) is 5.82 Å². The van der Waals surface area contributed by atoms with Gasteiger partial charge in [0, 0.05) is 10.0 Å². The number of nitrogens with two attached hydrogens (primary N) is 1. The second-order valence-corrected chi connectivity index (χ2v) is 6.04. The third-order valence-corrected chi connectivity index (χ3v) is 4.96. The molecule has 1 aromatic rings. The Morgan fingerprint density at radius 1 is 1.33 bits per heavy atom. The summed E-state index contributed by atoms with van der Waals surface area (Å²) in [5, 5.41) is 0.128. The lowest BCUT2D eigenvalue weighted by Crippen LogP contribution is -2.35. The number of hydrazine groups is 1. The van der Waals surface area contributed by atoms with E-state index < -0.39 is 0 Å². The van der Waals surface area contributed by atoms with Crippen molar-refractivity contribution in [2.45, 2.75) is 38.1 Å². The van der Waals surface area contributed by atoms with Crippen LogP contribution in [0.5, 0.6) is 0 Å². The molecular weight excluding hydrogens is 319 g/mol. The molecule has 0 aliphatic heterocycles. The molecule has 0 aromatic heterocycles. The molecule has 0 saturated heterocycles. The number of hydrogen-bond acceptors (Lipinski definition) is 2. The van der Waals surface area contributed by atoms with Gasteiger partial charge in [-0.2, -0.15) is 0 Å². The van der Waals surface area contributed by atoms with E-state index in [4.69, 9.17) is 17.4 Å². The molecule has 5 heteroatoms. The molecule has 1 saturated carbocycles. The number of halogens is 3. The highest BCUT2D eigenvalue weighted by Crippen LogP contribution is 2.37. The minimum Gasteiger partial charge on any atom is -0.271 e. The van der Waals surface area contributed by atoms with Crippen LogP contribution in [-0.2, 0) is 0 Å². The normalized spacial score (nSPS) is 18.9. The summed E-state index contributed by atoms with van der Waals surface area (Å²) in [7, 11) is 0. The van der Waals surface area contributed by atoms with Crippen molar-refractivity contribution in [1.82, 2.24) is 5.43 Å². The maximum Gasteiger partial charge on any atom is 0.147 e. The molecule has 0 bridgehead atoms. The topological polar surface area (TPSA) is 38.0 Å². The smallest absolute Gasteiger partial charge is 0.147 e. The van der Waals surface area contributed by atoms with Gasteiger partial charge in [0.25, 0.3) is 0 Å². The minimum atomic E-state index is -0.375. The number of nitrogens with one attached hydrogen (secondary N) is 1. The zero-order valence-corrected chi connectivity index (χ0v) is 12.4. The van der Waals surface area contributed by atoms with Crippen molar-refractivity contribution in [2.75, 3.05) is 0 Å². The molecule has 1 fully saturated rings. The third kappa shape index (κ3) is 2.87. The van der Waals surface area contributed by atoms with Gasteiger partial charge in [-0.15, -0.1) is 0 Å². The molecule has 1 unspecified atom stereocenters. The maximum absolute atomic E-state index is 14.2. The summed E-state index contributed by atoms with van der Waals surface area (Å²) in [4.78, 5) is 0. The van der Waals surface area contributed by atoms with E-state index in [1.54, 1.807) is 12.1 Å². The molecule has 0 heterocycles. The Hall–Kier alpha value is -0.160. The average Bonchev–Trinajstić information content (AvgIpc) is 2.41. The van der Waals surface area contributed by atoms with E-state index in [0.29, 0.717) is 16.0 Å². The van der Waals surface area contributed by atoms with Crippen LogP contribution in [0.3, 0.4) is 0 Å². The van der Waals surface area contributed by atoms with Crippen LogP contribution in [0.15, 0.2) is 16.6 Å². The van der Waals surface area contributed by atoms with Gasteiger partial charge in [-0.05, 0) is 40.8 Å². The summed E-state index contributed by atoms with van der Waals surface area (Å²) >= 11 is 9.16. The van der Waals surface area contributed by atoms with Gasteiger partial charge >= 0.3 is 0 Å². The van der Waals surface area contributed by atoms with Crippen LogP contribution in [0.1, 0.15) is 43.7 Å². The van der Waals surface area contributed by atoms with E-state index in [-0.39, 0.29) is 16.9 Å². The van der Waals surface area contributed by atoms with Gasteiger partial charge in [0.05, 0.1) is 11.1 Å². The molecule has 1 aliphatic carbocycles. The summed E-state index contributed by atoms with van der Waals surface area (Å²) in [6.45, 7) is 0. The molecule has 0 spiro atoms. The molecule has 18 heavy (non-hydrogen) atoms. The van der Waals surface area contributed by atoms with Crippen molar-refractivity contribution in [1.29, 1.82) is 0 Å². The Labute approximate surface area is 120 Å². The monoisotopic (exact) mass is 334 g/mol. The number of hydrogen-bond donors (Lipinski definition) is 2. The molecule has 0 amide bonds. The first-order chi connectivity index (χ1) is 8.65. The average molecular weight is 336 g/mol. The van der Waals surface area contributed by atoms with Gasteiger partial charge in [0.15, 0.2) is 0 Å². The van der Waals surface area contributed by atoms with Gasteiger partial charge in [-0.1, -0.05) is 36.9 Å². The Morgan fingerprint density at radius 2 is 2.00 bits per heavy atom. The molecule has 2 rings (SSSR count). The summed E-state index contributed by atoms with van der Waals surface area (Å²) in [6.07, 6.45) is 5.81. The van der Waals surface area contributed by atoms with Crippen LogP contribution < -0.4 is 11.3 Å². The fourth-order valence-electron chi connectivity index (χ4n) is 2.73. The van der Waals surface area contributed by atoms with E-state index in [0.717, 1.165) is 12.8 Å². The van der Waals surface area contributed by atoms with E-state index in [2.05, 4.69) is 21.4 Å². The highest BCUT2D eigenvalue weighted by atomic mass is 79.9.